The predicted molar refractivity (Wildman–Crippen MR) is 153 cm³/mol. The lowest BCUT2D eigenvalue weighted by Gasteiger charge is -2.16. The first-order valence-corrected chi connectivity index (χ1v) is 14.0. The Morgan fingerprint density at radius 3 is 2.52 bits per heavy atom. The minimum Gasteiger partial charge on any atom is -0.489 e. The van der Waals surface area contributed by atoms with Gasteiger partial charge in [0, 0.05) is 28.6 Å². The predicted octanol–water partition coefficient (Wildman–Crippen LogP) is 5.65. The second-order valence-corrected chi connectivity index (χ2v) is 12.7. The summed E-state index contributed by atoms with van der Waals surface area (Å²) >= 11 is 0. The molecular formula is C30H31FN2O6S. The summed E-state index contributed by atoms with van der Waals surface area (Å²) in [6.45, 7) is 3.90. The van der Waals surface area contributed by atoms with Crippen LogP contribution in [0.1, 0.15) is 43.0 Å². The third kappa shape index (κ3) is 6.40. The quantitative estimate of drug-likeness (QED) is 0.237. The van der Waals surface area contributed by atoms with E-state index in [1.54, 1.807) is 48.7 Å². The zero-order valence-electron chi connectivity index (χ0n) is 22.5. The third-order valence-corrected chi connectivity index (χ3v) is 8.36. The van der Waals surface area contributed by atoms with Gasteiger partial charge in [0.15, 0.2) is 0 Å². The fourth-order valence-electron chi connectivity index (χ4n) is 4.07. The van der Waals surface area contributed by atoms with E-state index < -0.39 is 27.4 Å². The van der Waals surface area contributed by atoms with Gasteiger partial charge in [0.25, 0.3) is 10.0 Å². The molecule has 0 atom stereocenters. The average Bonchev–Trinajstić information content (AvgIpc) is 3.38. The SMILES string of the molecule is CC(C)(C)S(=O)(=O)N=C(CF)c1cccc(-c2cc(COc3cc(CN)ccc3CC(=O)O)cc3ccoc23)c1. The van der Waals surface area contributed by atoms with Crippen LogP contribution in [0, 0.1) is 0 Å². The third-order valence-electron chi connectivity index (χ3n) is 6.35. The number of fused-ring (bicyclic) bond motifs is 1. The first-order chi connectivity index (χ1) is 18.9. The van der Waals surface area contributed by atoms with Crippen LogP contribution in [0.25, 0.3) is 22.1 Å². The Balaban J connectivity index is 1.72. The van der Waals surface area contributed by atoms with Gasteiger partial charge in [0.1, 0.15) is 24.6 Å². The standard InChI is InChI=1S/C30H31FN2O6S/c1-30(2,3)40(36,37)33-26(16-31)22-6-4-5-21(14-22)25-12-20(11-24-9-10-38-29(24)25)18-39-27-13-19(17-32)7-8-23(27)15-28(34)35/h4-14H,15-18,32H2,1-3H3,(H,34,35). The maximum Gasteiger partial charge on any atom is 0.307 e. The fourth-order valence-corrected chi connectivity index (χ4v) is 4.79. The van der Waals surface area contributed by atoms with Gasteiger partial charge >= 0.3 is 5.97 Å². The monoisotopic (exact) mass is 566 g/mol. The van der Waals surface area contributed by atoms with Crippen molar-refractivity contribution < 1.29 is 31.9 Å². The van der Waals surface area contributed by atoms with Crippen LogP contribution >= 0.6 is 0 Å². The van der Waals surface area contributed by atoms with Crippen molar-refractivity contribution in [3.05, 3.63) is 89.2 Å². The Hall–Kier alpha value is -4.02. The molecule has 40 heavy (non-hydrogen) atoms. The van der Waals surface area contributed by atoms with Gasteiger partial charge in [-0.05, 0) is 67.8 Å². The highest BCUT2D eigenvalue weighted by Gasteiger charge is 2.29. The number of carbonyl (C=O) groups is 1. The van der Waals surface area contributed by atoms with Crippen LogP contribution in [0.15, 0.2) is 75.7 Å². The molecule has 8 nitrogen and oxygen atoms in total. The normalized spacial score (nSPS) is 12.6. The molecule has 0 aliphatic carbocycles. The topological polar surface area (TPSA) is 132 Å². The lowest BCUT2D eigenvalue weighted by Crippen LogP contribution is -2.27. The Morgan fingerprint density at radius 1 is 1.07 bits per heavy atom. The fraction of sp³-hybridized carbons (Fsp3) is 0.267. The molecular weight excluding hydrogens is 535 g/mol. The lowest BCUT2D eigenvalue weighted by molar-refractivity contribution is -0.136. The van der Waals surface area contributed by atoms with Crippen molar-refractivity contribution in [1.82, 2.24) is 0 Å². The molecule has 0 unspecified atom stereocenters. The maximum absolute atomic E-state index is 14.0. The number of nitrogens with zero attached hydrogens (tertiary/aromatic N) is 1. The van der Waals surface area contributed by atoms with Gasteiger partial charge in [-0.1, -0.05) is 30.3 Å². The Bertz CT molecular complexity index is 1690. The van der Waals surface area contributed by atoms with E-state index in [9.17, 15) is 22.7 Å². The molecule has 210 valence electrons. The number of hydrogen-bond acceptors (Lipinski definition) is 6. The van der Waals surface area contributed by atoms with Crippen LogP contribution in [0.4, 0.5) is 4.39 Å². The van der Waals surface area contributed by atoms with E-state index in [-0.39, 0.29) is 25.3 Å². The molecule has 4 rings (SSSR count). The highest BCUT2D eigenvalue weighted by Crippen LogP contribution is 2.33. The summed E-state index contributed by atoms with van der Waals surface area (Å²) in [5.74, 6) is -0.538. The molecule has 4 aromatic rings. The summed E-state index contributed by atoms with van der Waals surface area (Å²) in [4.78, 5) is 11.3. The Labute approximate surface area is 232 Å². The van der Waals surface area contributed by atoms with Crippen molar-refractivity contribution in [1.29, 1.82) is 0 Å². The van der Waals surface area contributed by atoms with Crippen molar-refractivity contribution in [3.63, 3.8) is 0 Å². The zero-order chi connectivity index (χ0) is 29.1. The number of ether oxygens (including phenoxy) is 1. The molecule has 0 aliphatic rings. The number of rotatable bonds is 10. The molecule has 1 aromatic heterocycles. The summed E-state index contributed by atoms with van der Waals surface area (Å²) in [6, 6.07) is 17.6. The molecule has 0 bridgehead atoms. The maximum atomic E-state index is 14.0. The first kappa shape index (κ1) is 29.0. The molecule has 1 heterocycles. The summed E-state index contributed by atoms with van der Waals surface area (Å²) in [5, 5.41) is 10.1. The van der Waals surface area contributed by atoms with Crippen molar-refractivity contribution >= 4 is 32.7 Å². The second kappa shape index (κ2) is 11.6. The van der Waals surface area contributed by atoms with Gasteiger partial charge in [0.2, 0.25) is 0 Å². The van der Waals surface area contributed by atoms with Gasteiger partial charge < -0.3 is 20.0 Å². The first-order valence-electron chi connectivity index (χ1n) is 12.6. The number of hydrogen-bond donors (Lipinski definition) is 2. The van der Waals surface area contributed by atoms with Crippen LogP contribution in [0.2, 0.25) is 0 Å². The van der Waals surface area contributed by atoms with Crippen molar-refractivity contribution in [3.8, 4) is 16.9 Å². The molecule has 10 heteroatoms. The van der Waals surface area contributed by atoms with E-state index >= 15 is 0 Å². The van der Waals surface area contributed by atoms with E-state index in [0.29, 0.717) is 33.6 Å². The van der Waals surface area contributed by atoms with E-state index in [0.717, 1.165) is 16.5 Å². The lowest BCUT2D eigenvalue weighted by atomic mass is 9.98. The van der Waals surface area contributed by atoms with Crippen molar-refractivity contribution in [2.24, 2.45) is 10.1 Å². The number of benzene rings is 3. The van der Waals surface area contributed by atoms with Gasteiger partial charge in [0.05, 0.1) is 23.1 Å². The Morgan fingerprint density at radius 2 is 1.85 bits per heavy atom. The van der Waals surface area contributed by atoms with Crippen LogP contribution in [-0.2, 0) is 34.4 Å². The molecule has 0 saturated carbocycles. The second-order valence-electron chi connectivity index (χ2n) is 10.3. The minimum absolute atomic E-state index is 0.134. The number of nitrogens with two attached hydrogens (primary N) is 1. The van der Waals surface area contributed by atoms with E-state index in [4.69, 9.17) is 14.9 Å². The van der Waals surface area contributed by atoms with Crippen LogP contribution < -0.4 is 10.5 Å². The molecule has 0 radical (unpaired) electrons. The average molecular weight is 567 g/mol. The number of aliphatic carboxylic acids is 1. The van der Waals surface area contributed by atoms with Gasteiger partial charge in [-0.3, -0.25) is 4.79 Å². The summed E-state index contributed by atoms with van der Waals surface area (Å²) in [6.07, 6.45) is 1.37. The number of sulfonamides is 1. The van der Waals surface area contributed by atoms with E-state index in [1.807, 2.05) is 18.2 Å². The van der Waals surface area contributed by atoms with E-state index in [1.165, 1.54) is 20.8 Å². The molecule has 3 aromatic carbocycles. The number of alkyl halides is 1. The van der Waals surface area contributed by atoms with Crippen LogP contribution in [-0.4, -0.2) is 36.6 Å². The molecule has 0 spiro atoms. The van der Waals surface area contributed by atoms with Gasteiger partial charge in [-0.15, -0.1) is 0 Å². The molecule has 0 saturated heterocycles. The van der Waals surface area contributed by atoms with Crippen molar-refractivity contribution in [2.45, 2.75) is 45.1 Å². The summed E-state index contributed by atoms with van der Waals surface area (Å²) in [7, 11) is -3.95. The largest absolute Gasteiger partial charge is 0.489 e. The summed E-state index contributed by atoms with van der Waals surface area (Å²) in [5.41, 5.74) is 10.0. The highest BCUT2D eigenvalue weighted by atomic mass is 32.2. The summed E-state index contributed by atoms with van der Waals surface area (Å²) < 4.78 is 53.7. The molecule has 3 N–H and O–H groups in total. The number of carboxylic acids is 1. The van der Waals surface area contributed by atoms with Gasteiger partial charge in [-0.25, -0.2) is 12.8 Å². The van der Waals surface area contributed by atoms with E-state index in [2.05, 4.69) is 4.40 Å². The van der Waals surface area contributed by atoms with Crippen LogP contribution in [0.5, 0.6) is 5.75 Å². The van der Waals surface area contributed by atoms with Crippen LogP contribution in [0.3, 0.4) is 0 Å². The smallest absolute Gasteiger partial charge is 0.307 e. The highest BCUT2D eigenvalue weighted by molar-refractivity contribution is 7.91. The zero-order valence-corrected chi connectivity index (χ0v) is 23.3. The van der Waals surface area contributed by atoms with Gasteiger partial charge in [-0.2, -0.15) is 4.40 Å². The molecule has 0 amide bonds. The number of carboxylic acid groups (broad SMARTS) is 1. The number of halogens is 1. The molecule has 0 aliphatic heterocycles. The Kier molecular flexibility index (Phi) is 8.41. The minimum atomic E-state index is -3.95. The van der Waals surface area contributed by atoms with Crippen molar-refractivity contribution in [2.75, 3.05) is 6.67 Å². The number of furan rings is 1. The molecule has 0 fully saturated rings.